The van der Waals surface area contributed by atoms with Gasteiger partial charge >= 0.3 is 11.9 Å². The maximum absolute atomic E-state index is 11.7. The Labute approximate surface area is 117 Å². The molecule has 0 N–H and O–H groups in total. The van der Waals surface area contributed by atoms with Gasteiger partial charge in [-0.2, -0.15) is 0 Å². The lowest BCUT2D eigenvalue weighted by Crippen LogP contribution is -2.23. The molecule has 1 aliphatic heterocycles. The van der Waals surface area contributed by atoms with Gasteiger partial charge in [0.25, 0.3) is 0 Å². The van der Waals surface area contributed by atoms with Crippen molar-refractivity contribution in [2.75, 3.05) is 27.3 Å². The van der Waals surface area contributed by atoms with E-state index in [1.165, 1.54) is 14.2 Å². The first kappa shape index (κ1) is 14.3. The summed E-state index contributed by atoms with van der Waals surface area (Å²) in [5, 5.41) is 0. The third kappa shape index (κ3) is 3.05. The predicted octanol–water partition coefficient (Wildman–Crippen LogP) is 1.14. The molecule has 0 spiro atoms. The summed E-state index contributed by atoms with van der Waals surface area (Å²) in [6.45, 7) is 1.46. The molecule has 0 saturated heterocycles. The standard InChI is InChI=1S/C15H17NO4/c1-19-14(17)12-9-16(10-13(12)15(18)20-2)8-11-6-4-3-5-7-11/h3-7H,8-10H2,1-2H3. The number of carbonyl (C=O) groups excluding carboxylic acids is 2. The summed E-state index contributed by atoms with van der Waals surface area (Å²) in [5.74, 6) is -0.943. The van der Waals surface area contributed by atoms with Crippen molar-refractivity contribution in [1.29, 1.82) is 0 Å². The van der Waals surface area contributed by atoms with Gasteiger partial charge in [0.1, 0.15) is 0 Å². The van der Waals surface area contributed by atoms with Gasteiger partial charge in [-0.25, -0.2) is 9.59 Å². The first-order chi connectivity index (χ1) is 9.65. The van der Waals surface area contributed by atoms with Crippen LogP contribution < -0.4 is 0 Å². The molecule has 1 heterocycles. The molecule has 2 rings (SSSR count). The third-order valence-corrected chi connectivity index (χ3v) is 3.24. The van der Waals surface area contributed by atoms with E-state index >= 15 is 0 Å². The van der Waals surface area contributed by atoms with E-state index < -0.39 is 11.9 Å². The highest BCUT2D eigenvalue weighted by molar-refractivity contribution is 6.01. The van der Waals surface area contributed by atoms with Crippen LogP contribution in [0, 0.1) is 0 Å². The molecule has 0 aromatic heterocycles. The van der Waals surface area contributed by atoms with Crippen molar-refractivity contribution in [3.63, 3.8) is 0 Å². The second-order valence-corrected chi connectivity index (χ2v) is 4.57. The maximum atomic E-state index is 11.7. The number of benzene rings is 1. The lowest BCUT2D eigenvalue weighted by atomic mass is 10.1. The van der Waals surface area contributed by atoms with E-state index in [0.29, 0.717) is 30.8 Å². The number of hydrogen-bond donors (Lipinski definition) is 0. The van der Waals surface area contributed by atoms with E-state index in [0.717, 1.165) is 5.56 Å². The van der Waals surface area contributed by atoms with E-state index in [2.05, 4.69) is 0 Å². The molecule has 106 valence electrons. The second kappa shape index (κ2) is 6.34. The number of carbonyl (C=O) groups is 2. The minimum absolute atomic E-state index is 0.385. The predicted molar refractivity (Wildman–Crippen MR) is 72.8 cm³/mol. The largest absolute Gasteiger partial charge is 0.466 e. The first-order valence-electron chi connectivity index (χ1n) is 6.30. The summed E-state index contributed by atoms with van der Waals surface area (Å²) >= 11 is 0. The molecule has 1 aromatic carbocycles. The zero-order chi connectivity index (χ0) is 14.5. The fourth-order valence-corrected chi connectivity index (χ4v) is 2.27. The van der Waals surface area contributed by atoms with Crippen molar-refractivity contribution < 1.29 is 19.1 Å². The molecule has 0 fully saturated rings. The Balaban J connectivity index is 2.12. The Kier molecular flexibility index (Phi) is 4.53. The van der Waals surface area contributed by atoms with Gasteiger partial charge in [-0.1, -0.05) is 30.3 Å². The molecule has 0 aliphatic carbocycles. The van der Waals surface area contributed by atoms with Crippen LogP contribution in [0.5, 0.6) is 0 Å². The van der Waals surface area contributed by atoms with Crippen LogP contribution >= 0.6 is 0 Å². The summed E-state index contributed by atoms with van der Waals surface area (Å²) in [4.78, 5) is 25.5. The summed E-state index contributed by atoms with van der Waals surface area (Å²) in [6, 6.07) is 9.88. The van der Waals surface area contributed by atoms with E-state index in [4.69, 9.17) is 9.47 Å². The van der Waals surface area contributed by atoms with Crippen molar-refractivity contribution in [1.82, 2.24) is 4.90 Å². The molecular formula is C15H17NO4. The van der Waals surface area contributed by atoms with Crippen LogP contribution in [0.3, 0.4) is 0 Å². The van der Waals surface area contributed by atoms with Gasteiger partial charge in [0.2, 0.25) is 0 Å². The third-order valence-electron chi connectivity index (χ3n) is 3.24. The Morgan fingerprint density at radius 2 is 1.50 bits per heavy atom. The molecule has 0 amide bonds. The van der Waals surface area contributed by atoms with Crippen molar-refractivity contribution in [3.8, 4) is 0 Å². The Morgan fingerprint density at radius 3 is 1.95 bits per heavy atom. The molecule has 0 saturated carbocycles. The van der Waals surface area contributed by atoms with Crippen molar-refractivity contribution in [3.05, 3.63) is 47.0 Å². The molecule has 0 unspecified atom stereocenters. The molecule has 0 radical (unpaired) electrons. The number of esters is 2. The quantitative estimate of drug-likeness (QED) is 0.771. The van der Waals surface area contributed by atoms with E-state index in [1.54, 1.807) is 0 Å². The van der Waals surface area contributed by atoms with Gasteiger partial charge in [-0.3, -0.25) is 4.90 Å². The fraction of sp³-hybridized carbons (Fsp3) is 0.333. The van der Waals surface area contributed by atoms with Gasteiger partial charge in [0.05, 0.1) is 25.4 Å². The Hall–Kier alpha value is -2.14. The van der Waals surface area contributed by atoms with Crippen LogP contribution in [0.1, 0.15) is 5.56 Å². The number of methoxy groups -OCH3 is 2. The molecule has 0 bridgehead atoms. The van der Waals surface area contributed by atoms with Crippen LogP contribution in [-0.2, 0) is 25.6 Å². The number of hydrogen-bond acceptors (Lipinski definition) is 5. The summed E-state index contributed by atoms with van der Waals surface area (Å²) in [7, 11) is 2.62. The van der Waals surface area contributed by atoms with Crippen molar-refractivity contribution >= 4 is 11.9 Å². The van der Waals surface area contributed by atoms with Crippen LogP contribution in [-0.4, -0.2) is 44.1 Å². The Bertz CT molecular complexity index is 508. The fourth-order valence-electron chi connectivity index (χ4n) is 2.27. The number of nitrogens with zero attached hydrogens (tertiary/aromatic N) is 1. The summed E-state index contributed by atoms with van der Waals surface area (Å²) in [5.41, 5.74) is 1.90. The van der Waals surface area contributed by atoms with E-state index in [-0.39, 0.29) is 0 Å². The minimum Gasteiger partial charge on any atom is -0.466 e. The molecular weight excluding hydrogens is 258 g/mol. The Morgan fingerprint density at radius 1 is 1.00 bits per heavy atom. The molecule has 1 aliphatic rings. The van der Waals surface area contributed by atoms with Gasteiger partial charge in [0, 0.05) is 19.6 Å². The first-order valence-corrected chi connectivity index (χ1v) is 6.30. The monoisotopic (exact) mass is 275 g/mol. The lowest BCUT2D eigenvalue weighted by Gasteiger charge is -2.15. The maximum Gasteiger partial charge on any atom is 0.335 e. The van der Waals surface area contributed by atoms with E-state index in [9.17, 15) is 9.59 Å². The van der Waals surface area contributed by atoms with Crippen molar-refractivity contribution in [2.45, 2.75) is 6.54 Å². The molecule has 20 heavy (non-hydrogen) atoms. The summed E-state index contributed by atoms with van der Waals surface area (Å²) < 4.78 is 9.45. The lowest BCUT2D eigenvalue weighted by molar-refractivity contribution is -0.139. The zero-order valence-electron chi connectivity index (χ0n) is 11.6. The average molecular weight is 275 g/mol. The van der Waals surface area contributed by atoms with Crippen LogP contribution in [0.25, 0.3) is 0 Å². The van der Waals surface area contributed by atoms with E-state index in [1.807, 2.05) is 35.2 Å². The van der Waals surface area contributed by atoms with Crippen molar-refractivity contribution in [2.24, 2.45) is 0 Å². The minimum atomic E-state index is -0.471. The van der Waals surface area contributed by atoms with Gasteiger partial charge in [0.15, 0.2) is 0 Å². The molecule has 5 heteroatoms. The average Bonchev–Trinajstić information content (AvgIpc) is 2.90. The highest BCUT2D eigenvalue weighted by atomic mass is 16.5. The smallest absolute Gasteiger partial charge is 0.335 e. The van der Waals surface area contributed by atoms with Gasteiger partial charge in [-0.15, -0.1) is 0 Å². The highest BCUT2D eigenvalue weighted by Crippen LogP contribution is 2.21. The van der Waals surface area contributed by atoms with Crippen LogP contribution in [0.15, 0.2) is 41.5 Å². The highest BCUT2D eigenvalue weighted by Gasteiger charge is 2.31. The van der Waals surface area contributed by atoms with Crippen LogP contribution in [0.4, 0.5) is 0 Å². The van der Waals surface area contributed by atoms with Gasteiger partial charge < -0.3 is 9.47 Å². The van der Waals surface area contributed by atoms with Gasteiger partial charge in [-0.05, 0) is 5.56 Å². The zero-order valence-corrected chi connectivity index (χ0v) is 11.6. The topological polar surface area (TPSA) is 55.8 Å². The SMILES string of the molecule is COC(=O)C1=C(C(=O)OC)CN(Cc2ccccc2)C1. The summed E-state index contributed by atoms with van der Waals surface area (Å²) in [6.07, 6.45) is 0. The normalized spacial score (nSPS) is 15.3. The molecule has 0 atom stereocenters. The number of ether oxygens (including phenoxy) is 2. The molecule has 5 nitrogen and oxygen atoms in total. The van der Waals surface area contributed by atoms with Crippen LogP contribution in [0.2, 0.25) is 0 Å². The number of rotatable bonds is 4. The second-order valence-electron chi connectivity index (χ2n) is 4.57. The molecule has 1 aromatic rings.